The summed E-state index contributed by atoms with van der Waals surface area (Å²) in [5, 5.41) is 0. The summed E-state index contributed by atoms with van der Waals surface area (Å²) in [6.45, 7) is 2.84. The van der Waals surface area contributed by atoms with Crippen molar-refractivity contribution in [2.75, 3.05) is 13.2 Å². The SMILES string of the molecule is CCOC(=O)CN(Cc1ccc(C(F)(F)F)cc1)C(=O)c1nc(-c2ccccc2)oc1C. The quantitative estimate of drug-likeness (QED) is 0.484. The molecule has 0 bridgehead atoms. The van der Waals surface area contributed by atoms with Crippen LogP contribution in [0.3, 0.4) is 0 Å². The Balaban J connectivity index is 1.87. The van der Waals surface area contributed by atoms with E-state index in [9.17, 15) is 22.8 Å². The molecule has 0 aliphatic carbocycles. The van der Waals surface area contributed by atoms with Gasteiger partial charge in [-0.25, -0.2) is 4.98 Å². The predicted octanol–water partition coefficient (Wildman–Crippen LogP) is 4.87. The second-order valence-corrected chi connectivity index (χ2v) is 6.95. The van der Waals surface area contributed by atoms with E-state index < -0.39 is 23.6 Å². The topological polar surface area (TPSA) is 72.6 Å². The van der Waals surface area contributed by atoms with E-state index in [1.165, 1.54) is 17.0 Å². The molecule has 9 heteroatoms. The van der Waals surface area contributed by atoms with Crippen LogP contribution >= 0.6 is 0 Å². The number of carbonyl (C=O) groups is 2. The van der Waals surface area contributed by atoms with Gasteiger partial charge in [0.15, 0.2) is 5.69 Å². The third-order valence-corrected chi connectivity index (χ3v) is 4.59. The molecule has 6 nitrogen and oxygen atoms in total. The van der Waals surface area contributed by atoms with Crippen molar-refractivity contribution in [1.29, 1.82) is 0 Å². The zero-order valence-corrected chi connectivity index (χ0v) is 17.5. The lowest BCUT2D eigenvalue weighted by atomic mass is 10.1. The predicted molar refractivity (Wildman–Crippen MR) is 109 cm³/mol. The van der Waals surface area contributed by atoms with Crippen molar-refractivity contribution in [3.05, 3.63) is 77.2 Å². The number of hydrogen-bond donors (Lipinski definition) is 0. The molecule has 1 amide bonds. The zero-order valence-electron chi connectivity index (χ0n) is 17.5. The monoisotopic (exact) mass is 446 g/mol. The molecule has 0 radical (unpaired) electrons. The Labute approximate surface area is 182 Å². The maximum absolute atomic E-state index is 13.2. The number of esters is 1. The first-order valence-corrected chi connectivity index (χ1v) is 9.83. The Hall–Kier alpha value is -3.62. The highest BCUT2D eigenvalue weighted by Crippen LogP contribution is 2.29. The summed E-state index contributed by atoms with van der Waals surface area (Å²) >= 11 is 0. The largest absolute Gasteiger partial charge is 0.465 e. The second-order valence-electron chi connectivity index (χ2n) is 6.95. The molecule has 0 aliphatic rings. The molecule has 1 aromatic heterocycles. The van der Waals surface area contributed by atoms with Crippen LogP contribution in [0.4, 0.5) is 13.2 Å². The number of ether oxygens (including phenoxy) is 1. The smallest absolute Gasteiger partial charge is 0.416 e. The van der Waals surface area contributed by atoms with Crippen LogP contribution in [0.15, 0.2) is 59.0 Å². The third-order valence-electron chi connectivity index (χ3n) is 4.59. The van der Waals surface area contributed by atoms with Crippen molar-refractivity contribution >= 4 is 11.9 Å². The molecule has 168 valence electrons. The van der Waals surface area contributed by atoms with E-state index >= 15 is 0 Å². The fourth-order valence-electron chi connectivity index (χ4n) is 3.03. The van der Waals surface area contributed by atoms with Gasteiger partial charge in [-0.3, -0.25) is 9.59 Å². The number of aromatic nitrogens is 1. The van der Waals surface area contributed by atoms with Crippen molar-refractivity contribution in [3.63, 3.8) is 0 Å². The molecule has 3 rings (SSSR count). The van der Waals surface area contributed by atoms with Gasteiger partial charge in [0.1, 0.15) is 12.3 Å². The summed E-state index contributed by atoms with van der Waals surface area (Å²) in [6, 6.07) is 13.4. The molecular weight excluding hydrogens is 425 g/mol. The summed E-state index contributed by atoms with van der Waals surface area (Å²) in [6.07, 6.45) is -4.47. The van der Waals surface area contributed by atoms with Gasteiger partial charge in [-0.05, 0) is 43.7 Å². The minimum Gasteiger partial charge on any atom is -0.465 e. The van der Waals surface area contributed by atoms with Crippen LogP contribution in [0.2, 0.25) is 0 Å². The van der Waals surface area contributed by atoms with Crippen LogP contribution < -0.4 is 0 Å². The number of halogens is 3. The first-order chi connectivity index (χ1) is 15.2. The highest BCUT2D eigenvalue weighted by atomic mass is 19.4. The van der Waals surface area contributed by atoms with E-state index in [-0.39, 0.29) is 37.0 Å². The standard InChI is InChI=1S/C23H21F3N2O4/c1-3-31-19(29)14-28(13-16-9-11-18(12-10-16)23(24,25)26)22(30)20-15(2)32-21(27-20)17-7-5-4-6-8-17/h4-12H,3,13-14H2,1-2H3. The van der Waals surface area contributed by atoms with Crippen LogP contribution in [-0.2, 0) is 22.3 Å². The summed E-state index contributed by atoms with van der Waals surface area (Å²) < 4.78 is 49.1. The van der Waals surface area contributed by atoms with E-state index in [4.69, 9.17) is 9.15 Å². The number of amides is 1. The number of carbonyl (C=O) groups excluding carboxylic acids is 2. The lowest BCUT2D eigenvalue weighted by Crippen LogP contribution is -2.36. The fourth-order valence-corrected chi connectivity index (χ4v) is 3.03. The Bertz CT molecular complexity index is 1080. The zero-order chi connectivity index (χ0) is 23.3. The molecule has 0 spiro atoms. The highest BCUT2D eigenvalue weighted by Gasteiger charge is 2.30. The molecule has 0 fully saturated rings. The molecule has 3 aromatic rings. The number of benzene rings is 2. The Morgan fingerprint density at radius 2 is 1.72 bits per heavy atom. The van der Waals surface area contributed by atoms with Gasteiger partial charge >= 0.3 is 12.1 Å². The minimum absolute atomic E-state index is 0.0139. The first kappa shape index (κ1) is 23.1. The van der Waals surface area contributed by atoms with Gasteiger partial charge < -0.3 is 14.1 Å². The van der Waals surface area contributed by atoms with Gasteiger partial charge in [0, 0.05) is 12.1 Å². The number of rotatable bonds is 7. The lowest BCUT2D eigenvalue weighted by molar-refractivity contribution is -0.144. The molecule has 0 saturated heterocycles. The van der Waals surface area contributed by atoms with Crippen LogP contribution in [0.1, 0.15) is 34.3 Å². The van der Waals surface area contributed by atoms with Crippen molar-refractivity contribution in [1.82, 2.24) is 9.88 Å². The number of hydrogen-bond acceptors (Lipinski definition) is 5. The Morgan fingerprint density at radius 1 is 1.06 bits per heavy atom. The van der Waals surface area contributed by atoms with Gasteiger partial charge in [-0.1, -0.05) is 30.3 Å². The molecule has 1 heterocycles. The van der Waals surface area contributed by atoms with Crippen molar-refractivity contribution in [3.8, 4) is 11.5 Å². The van der Waals surface area contributed by atoms with Crippen molar-refractivity contribution in [2.24, 2.45) is 0 Å². The molecule has 32 heavy (non-hydrogen) atoms. The van der Waals surface area contributed by atoms with Gasteiger partial charge in [-0.2, -0.15) is 13.2 Å². The van der Waals surface area contributed by atoms with Crippen LogP contribution in [0, 0.1) is 6.92 Å². The van der Waals surface area contributed by atoms with Crippen molar-refractivity contribution in [2.45, 2.75) is 26.6 Å². The summed E-state index contributed by atoms with van der Waals surface area (Å²) in [4.78, 5) is 30.7. The van der Waals surface area contributed by atoms with Crippen LogP contribution in [-0.4, -0.2) is 34.9 Å². The number of alkyl halides is 3. The van der Waals surface area contributed by atoms with E-state index in [0.717, 1.165) is 12.1 Å². The molecule has 0 aliphatic heterocycles. The van der Waals surface area contributed by atoms with Crippen molar-refractivity contribution < 1.29 is 31.9 Å². The average molecular weight is 446 g/mol. The Kier molecular flexibility index (Phi) is 6.97. The molecule has 0 saturated carbocycles. The summed E-state index contributed by atoms with van der Waals surface area (Å²) in [5.41, 5.74) is 0.304. The molecule has 0 atom stereocenters. The maximum atomic E-state index is 13.2. The number of oxazole rings is 1. The van der Waals surface area contributed by atoms with E-state index in [0.29, 0.717) is 11.1 Å². The number of aryl methyl sites for hydroxylation is 1. The van der Waals surface area contributed by atoms with Crippen LogP contribution in [0.5, 0.6) is 0 Å². The van der Waals surface area contributed by atoms with E-state index in [1.54, 1.807) is 38.1 Å². The molecular formula is C23H21F3N2O4. The lowest BCUT2D eigenvalue weighted by Gasteiger charge is -2.21. The Morgan fingerprint density at radius 3 is 2.31 bits per heavy atom. The summed E-state index contributed by atoms with van der Waals surface area (Å²) in [7, 11) is 0. The minimum atomic E-state index is -4.47. The highest BCUT2D eigenvalue weighted by molar-refractivity contribution is 5.95. The van der Waals surface area contributed by atoms with Gasteiger partial charge in [0.25, 0.3) is 5.91 Å². The van der Waals surface area contributed by atoms with Gasteiger partial charge in [0.2, 0.25) is 5.89 Å². The maximum Gasteiger partial charge on any atom is 0.416 e. The molecule has 2 aromatic carbocycles. The van der Waals surface area contributed by atoms with E-state index in [1.807, 2.05) is 6.07 Å². The van der Waals surface area contributed by atoms with E-state index in [2.05, 4.69) is 4.98 Å². The molecule has 0 unspecified atom stereocenters. The normalized spacial score (nSPS) is 11.3. The third kappa shape index (κ3) is 5.54. The summed E-state index contributed by atoms with van der Waals surface area (Å²) in [5.74, 6) is -0.731. The number of nitrogens with zero attached hydrogens (tertiary/aromatic N) is 2. The van der Waals surface area contributed by atoms with Gasteiger partial charge in [0.05, 0.1) is 12.2 Å². The second kappa shape index (κ2) is 9.67. The van der Waals surface area contributed by atoms with Gasteiger partial charge in [-0.15, -0.1) is 0 Å². The first-order valence-electron chi connectivity index (χ1n) is 9.83. The fraction of sp³-hybridized carbons (Fsp3) is 0.261. The molecule has 0 N–H and O–H groups in total. The van der Waals surface area contributed by atoms with Crippen LogP contribution in [0.25, 0.3) is 11.5 Å². The average Bonchev–Trinajstić information content (AvgIpc) is 3.15.